The largest absolute Gasteiger partial charge is 0.534 e. The molecule has 0 unspecified atom stereocenters. The molecule has 8 heteroatoms. The minimum Gasteiger partial charge on any atom is -0.376 e. The molecule has 0 spiro atoms. The Morgan fingerprint density at radius 1 is 1.11 bits per heavy atom. The first-order chi connectivity index (χ1) is 8.29. The molecule has 0 amide bonds. The number of pyridine rings is 1. The summed E-state index contributed by atoms with van der Waals surface area (Å²) in [6.45, 7) is 0. The van der Waals surface area contributed by atoms with Gasteiger partial charge in [0, 0.05) is 17.8 Å². The quantitative estimate of drug-likeness (QED) is 0.625. The Labute approximate surface area is 100 Å². The van der Waals surface area contributed by atoms with Gasteiger partial charge in [-0.1, -0.05) is 0 Å². The fourth-order valence-electron chi connectivity index (χ4n) is 1.29. The van der Waals surface area contributed by atoms with E-state index in [-0.39, 0.29) is 0 Å². The third-order valence-electron chi connectivity index (χ3n) is 2.10. The van der Waals surface area contributed by atoms with Gasteiger partial charge in [-0.05, 0) is 29.7 Å². The molecule has 96 valence electrons. The summed E-state index contributed by atoms with van der Waals surface area (Å²) in [7, 11) is -5.64. The van der Waals surface area contributed by atoms with Crippen LogP contribution in [0, 0.1) is 0 Å². The molecule has 0 saturated carbocycles. The highest BCUT2D eigenvalue weighted by Gasteiger charge is 2.48. The van der Waals surface area contributed by atoms with E-state index in [1.54, 1.807) is 0 Å². The number of hydrogen-bond acceptors (Lipinski definition) is 4. The van der Waals surface area contributed by atoms with Crippen LogP contribution in [0.25, 0.3) is 10.8 Å². The summed E-state index contributed by atoms with van der Waals surface area (Å²) >= 11 is 0. The lowest BCUT2D eigenvalue weighted by atomic mass is 10.2. The second-order valence-electron chi connectivity index (χ2n) is 3.37. The Morgan fingerprint density at radius 3 is 2.50 bits per heavy atom. The number of aromatic nitrogens is 1. The van der Waals surface area contributed by atoms with Crippen LogP contribution in [0.2, 0.25) is 0 Å². The monoisotopic (exact) mass is 277 g/mol. The van der Waals surface area contributed by atoms with Crippen LogP contribution in [0.1, 0.15) is 0 Å². The van der Waals surface area contributed by atoms with Crippen LogP contribution in [0.4, 0.5) is 13.2 Å². The highest BCUT2D eigenvalue weighted by Crippen LogP contribution is 2.28. The maximum absolute atomic E-state index is 12.1. The van der Waals surface area contributed by atoms with E-state index in [1.165, 1.54) is 30.6 Å². The molecule has 1 aromatic carbocycles. The summed E-state index contributed by atoms with van der Waals surface area (Å²) in [5.74, 6) is -0.397. The molecule has 4 nitrogen and oxygen atoms in total. The fraction of sp³-hybridized carbons (Fsp3) is 0.100. The zero-order valence-corrected chi connectivity index (χ0v) is 9.49. The number of nitrogens with zero attached hydrogens (tertiary/aromatic N) is 1. The third-order valence-corrected chi connectivity index (χ3v) is 3.08. The Kier molecular flexibility index (Phi) is 2.89. The molecule has 0 bridgehead atoms. The minimum atomic E-state index is -5.64. The van der Waals surface area contributed by atoms with Gasteiger partial charge in [0.2, 0.25) is 0 Å². The molecule has 0 aliphatic rings. The topological polar surface area (TPSA) is 56.3 Å². The Bertz CT molecular complexity index is 682. The van der Waals surface area contributed by atoms with E-state index < -0.39 is 21.4 Å². The first-order valence-electron chi connectivity index (χ1n) is 4.64. The van der Waals surface area contributed by atoms with Crippen molar-refractivity contribution in [3.63, 3.8) is 0 Å². The molecule has 0 aliphatic carbocycles. The van der Waals surface area contributed by atoms with Crippen LogP contribution < -0.4 is 4.18 Å². The lowest BCUT2D eigenvalue weighted by Gasteiger charge is -2.09. The maximum atomic E-state index is 12.1. The number of halogens is 3. The highest BCUT2D eigenvalue weighted by atomic mass is 32.2. The molecule has 0 fully saturated rings. The summed E-state index contributed by atoms with van der Waals surface area (Å²) in [5.41, 5.74) is -5.44. The van der Waals surface area contributed by atoms with Crippen molar-refractivity contribution in [3.05, 3.63) is 36.7 Å². The number of alkyl halides is 3. The second kappa shape index (κ2) is 4.13. The summed E-state index contributed by atoms with van der Waals surface area (Å²) in [4.78, 5) is 3.82. The van der Waals surface area contributed by atoms with E-state index in [0.717, 1.165) is 6.07 Å². The van der Waals surface area contributed by atoms with Crippen molar-refractivity contribution < 1.29 is 25.8 Å². The minimum absolute atomic E-state index is 0.397. The van der Waals surface area contributed by atoms with Crippen molar-refractivity contribution >= 4 is 20.9 Å². The SMILES string of the molecule is O=S(=O)(Oc1ccc2cnccc2c1)C(F)(F)F. The highest BCUT2D eigenvalue weighted by molar-refractivity contribution is 7.88. The summed E-state index contributed by atoms with van der Waals surface area (Å²) in [6, 6.07) is 5.28. The lowest BCUT2D eigenvalue weighted by molar-refractivity contribution is -0.0500. The number of hydrogen-bond donors (Lipinski definition) is 0. The average Bonchev–Trinajstić information content (AvgIpc) is 2.27. The van der Waals surface area contributed by atoms with Crippen molar-refractivity contribution in [1.82, 2.24) is 4.98 Å². The molecular formula is C10H6F3NO3S. The smallest absolute Gasteiger partial charge is 0.376 e. The summed E-state index contributed by atoms with van der Waals surface area (Å²) < 4.78 is 61.9. The normalized spacial score (nSPS) is 12.6. The van der Waals surface area contributed by atoms with Gasteiger partial charge in [0.05, 0.1) is 0 Å². The van der Waals surface area contributed by atoms with Gasteiger partial charge in [-0.25, -0.2) is 0 Å². The van der Waals surface area contributed by atoms with Crippen molar-refractivity contribution in [1.29, 1.82) is 0 Å². The van der Waals surface area contributed by atoms with Gasteiger partial charge in [0.25, 0.3) is 0 Å². The van der Waals surface area contributed by atoms with Gasteiger partial charge in [-0.3, -0.25) is 4.98 Å². The molecular weight excluding hydrogens is 271 g/mol. The van der Waals surface area contributed by atoms with Crippen molar-refractivity contribution in [3.8, 4) is 5.75 Å². The van der Waals surface area contributed by atoms with Crippen LogP contribution in [0.3, 0.4) is 0 Å². The molecule has 1 aromatic heterocycles. The number of benzene rings is 1. The van der Waals surface area contributed by atoms with E-state index in [2.05, 4.69) is 9.17 Å². The van der Waals surface area contributed by atoms with Crippen LogP contribution >= 0.6 is 0 Å². The zero-order chi connectivity index (χ0) is 13.4. The molecule has 18 heavy (non-hydrogen) atoms. The summed E-state index contributed by atoms with van der Waals surface area (Å²) in [6.07, 6.45) is 2.93. The number of fused-ring (bicyclic) bond motifs is 1. The van der Waals surface area contributed by atoms with Gasteiger partial charge >= 0.3 is 15.6 Å². The van der Waals surface area contributed by atoms with E-state index in [1.807, 2.05) is 0 Å². The Balaban J connectivity index is 2.39. The van der Waals surface area contributed by atoms with Crippen LogP contribution in [0.15, 0.2) is 36.7 Å². The standard InChI is InChI=1S/C10H6F3NO3S/c11-10(12,13)18(15,16)17-9-2-1-8-6-14-4-3-7(8)5-9/h1-6H. The van der Waals surface area contributed by atoms with Crippen molar-refractivity contribution in [2.75, 3.05) is 0 Å². The van der Waals surface area contributed by atoms with E-state index in [4.69, 9.17) is 0 Å². The third kappa shape index (κ3) is 2.37. The van der Waals surface area contributed by atoms with Crippen LogP contribution in [-0.4, -0.2) is 18.9 Å². The maximum Gasteiger partial charge on any atom is 0.534 e. The van der Waals surface area contributed by atoms with E-state index in [9.17, 15) is 21.6 Å². The van der Waals surface area contributed by atoms with Crippen molar-refractivity contribution in [2.45, 2.75) is 5.51 Å². The fourth-order valence-corrected chi connectivity index (χ4v) is 1.74. The predicted molar refractivity (Wildman–Crippen MR) is 57.3 cm³/mol. The van der Waals surface area contributed by atoms with Gasteiger partial charge in [0.1, 0.15) is 5.75 Å². The second-order valence-corrected chi connectivity index (χ2v) is 4.91. The van der Waals surface area contributed by atoms with E-state index >= 15 is 0 Å². The molecule has 0 radical (unpaired) electrons. The predicted octanol–water partition coefficient (Wildman–Crippen LogP) is 2.46. The Morgan fingerprint density at radius 2 is 1.83 bits per heavy atom. The molecule has 0 atom stereocenters. The van der Waals surface area contributed by atoms with Gasteiger partial charge in [0.15, 0.2) is 0 Å². The van der Waals surface area contributed by atoms with Gasteiger partial charge < -0.3 is 4.18 Å². The first kappa shape index (κ1) is 12.6. The van der Waals surface area contributed by atoms with Crippen LogP contribution in [-0.2, 0) is 10.1 Å². The Hall–Kier alpha value is -1.83. The lowest BCUT2D eigenvalue weighted by Crippen LogP contribution is -2.28. The molecule has 0 N–H and O–H groups in total. The molecule has 0 aliphatic heterocycles. The molecule has 0 saturated heterocycles. The number of rotatable bonds is 2. The van der Waals surface area contributed by atoms with Crippen molar-refractivity contribution in [2.24, 2.45) is 0 Å². The first-order valence-corrected chi connectivity index (χ1v) is 6.05. The van der Waals surface area contributed by atoms with Gasteiger partial charge in [-0.2, -0.15) is 21.6 Å². The van der Waals surface area contributed by atoms with E-state index in [0.29, 0.717) is 10.8 Å². The summed E-state index contributed by atoms with van der Waals surface area (Å²) in [5, 5.41) is 1.19. The van der Waals surface area contributed by atoms with Gasteiger partial charge in [-0.15, -0.1) is 0 Å². The zero-order valence-electron chi connectivity index (χ0n) is 8.68. The average molecular weight is 277 g/mol. The molecule has 1 heterocycles. The molecule has 2 aromatic rings. The molecule has 2 rings (SSSR count). The van der Waals surface area contributed by atoms with Crippen LogP contribution in [0.5, 0.6) is 5.75 Å².